The average molecular weight is 529 g/mol. The van der Waals surface area contributed by atoms with Gasteiger partial charge in [-0.1, -0.05) is 42.3 Å². The minimum absolute atomic E-state index is 0.0340. The summed E-state index contributed by atoms with van der Waals surface area (Å²) in [6.45, 7) is 2.75. The molecule has 7 nitrogen and oxygen atoms in total. The fourth-order valence-corrected chi connectivity index (χ4v) is 4.15. The van der Waals surface area contributed by atoms with E-state index in [0.717, 1.165) is 12.2 Å². The molecule has 3 aromatic rings. The second-order valence-electron chi connectivity index (χ2n) is 8.13. The van der Waals surface area contributed by atoms with Crippen LogP contribution in [0.5, 0.6) is 17.2 Å². The Labute approximate surface area is 219 Å². The average Bonchev–Trinajstić information content (AvgIpc) is 2.87. The lowest BCUT2D eigenvalue weighted by molar-refractivity contribution is -0.121. The third-order valence-corrected chi connectivity index (χ3v) is 6.10. The number of nitrogens with one attached hydrogen (secondary N) is 1. The van der Waals surface area contributed by atoms with Crippen molar-refractivity contribution >= 4 is 46.4 Å². The van der Waals surface area contributed by atoms with E-state index in [-0.39, 0.29) is 25.0 Å². The first kappa shape index (κ1) is 25.7. The van der Waals surface area contributed by atoms with Crippen molar-refractivity contribution in [2.75, 3.05) is 36.6 Å². The monoisotopic (exact) mass is 528 g/mol. The molecule has 0 saturated heterocycles. The third kappa shape index (κ3) is 6.62. The second-order valence-corrected chi connectivity index (χ2v) is 8.97. The predicted octanol–water partition coefficient (Wildman–Crippen LogP) is 5.77. The number of aryl methyl sites for hydroxylation is 1. The number of amides is 2. The molecule has 3 aromatic carbocycles. The summed E-state index contributed by atoms with van der Waals surface area (Å²) in [6, 6.07) is 17.9. The van der Waals surface area contributed by atoms with Crippen LogP contribution < -0.4 is 24.4 Å². The fraction of sp³-hybridized carbons (Fsp3) is 0.259. The molecule has 0 aromatic heterocycles. The number of benzene rings is 3. The van der Waals surface area contributed by atoms with Gasteiger partial charge in [0.15, 0.2) is 13.2 Å². The Hall–Kier alpha value is -3.42. The molecule has 0 atom stereocenters. The molecule has 0 aliphatic carbocycles. The lowest BCUT2D eigenvalue weighted by Crippen LogP contribution is -2.39. The number of nitrogens with zero attached hydrogens (tertiary/aromatic N) is 1. The van der Waals surface area contributed by atoms with Crippen LogP contribution in [0.1, 0.15) is 18.9 Å². The van der Waals surface area contributed by atoms with E-state index in [1.165, 1.54) is 5.56 Å². The number of hydrogen-bond acceptors (Lipinski definition) is 5. The van der Waals surface area contributed by atoms with Crippen molar-refractivity contribution in [3.8, 4) is 17.2 Å². The molecular weight excluding hydrogens is 503 g/mol. The Balaban J connectivity index is 1.33. The fourth-order valence-electron chi connectivity index (χ4n) is 3.69. The number of halogens is 2. The Morgan fingerprint density at radius 2 is 1.86 bits per heavy atom. The van der Waals surface area contributed by atoms with Gasteiger partial charge in [-0.3, -0.25) is 9.59 Å². The molecule has 1 aliphatic rings. The van der Waals surface area contributed by atoms with Crippen molar-refractivity contribution in [2.45, 2.75) is 19.8 Å². The summed E-state index contributed by atoms with van der Waals surface area (Å²) in [4.78, 5) is 26.7. The van der Waals surface area contributed by atoms with Gasteiger partial charge >= 0.3 is 0 Å². The number of carbonyl (C=O) groups excluding carboxylic acids is 2. The molecule has 0 spiro atoms. The highest BCUT2D eigenvalue weighted by molar-refractivity contribution is 6.35. The topological polar surface area (TPSA) is 77.1 Å². The van der Waals surface area contributed by atoms with Gasteiger partial charge in [0.2, 0.25) is 0 Å². The van der Waals surface area contributed by atoms with Crippen molar-refractivity contribution in [3.05, 3.63) is 76.3 Å². The second kappa shape index (κ2) is 12.0. The zero-order chi connectivity index (χ0) is 25.5. The van der Waals surface area contributed by atoms with Crippen molar-refractivity contribution in [3.63, 3.8) is 0 Å². The maximum absolute atomic E-state index is 12.6. The molecule has 188 valence electrons. The molecule has 36 heavy (non-hydrogen) atoms. The van der Waals surface area contributed by atoms with Gasteiger partial charge in [0, 0.05) is 17.3 Å². The van der Waals surface area contributed by atoms with Crippen LogP contribution in [-0.2, 0) is 16.0 Å². The van der Waals surface area contributed by atoms with Gasteiger partial charge in [-0.2, -0.15) is 0 Å². The van der Waals surface area contributed by atoms with Crippen LogP contribution in [0.25, 0.3) is 0 Å². The molecule has 0 unspecified atom stereocenters. The molecule has 0 fully saturated rings. The SMILES string of the molecule is CCc1ccc(OCCCN2C(=O)COc3ccc(NC(=O)COc4ccc(Cl)cc4Cl)cc32)cc1. The summed E-state index contributed by atoms with van der Waals surface area (Å²) in [7, 11) is 0. The van der Waals surface area contributed by atoms with E-state index in [0.29, 0.717) is 52.5 Å². The number of carbonyl (C=O) groups is 2. The standard InChI is InChI=1S/C27H26Cl2N2O5/c1-2-18-4-8-21(9-5-18)34-13-3-12-31-23-15-20(7-11-25(23)36-17-27(31)33)30-26(32)16-35-24-10-6-19(28)14-22(24)29/h4-11,14-15H,2-3,12-13,16-17H2,1H3,(H,30,32). The van der Waals surface area contributed by atoms with E-state index in [1.807, 2.05) is 24.3 Å². The minimum Gasteiger partial charge on any atom is -0.494 e. The Morgan fingerprint density at radius 3 is 2.61 bits per heavy atom. The third-order valence-electron chi connectivity index (χ3n) is 5.56. The molecule has 9 heteroatoms. The Morgan fingerprint density at radius 1 is 1.06 bits per heavy atom. The minimum atomic E-state index is -0.377. The maximum Gasteiger partial charge on any atom is 0.265 e. The van der Waals surface area contributed by atoms with Gasteiger partial charge < -0.3 is 24.4 Å². The molecule has 1 N–H and O–H groups in total. The lowest BCUT2D eigenvalue weighted by atomic mass is 10.2. The van der Waals surface area contributed by atoms with Crippen molar-refractivity contribution in [1.82, 2.24) is 0 Å². The number of fused-ring (bicyclic) bond motifs is 1. The van der Waals surface area contributed by atoms with Gasteiger partial charge in [-0.25, -0.2) is 0 Å². The van der Waals surface area contributed by atoms with Gasteiger partial charge in [-0.15, -0.1) is 0 Å². The van der Waals surface area contributed by atoms with Crippen LogP contribution in [0.2, 0.25) is 10.0 Å². The van der Waals surface area contributed by atoms with E-state index in [2.05, 4.69) is 12.2 Å². The van der Waals surface area contributed by atoms with Crippen LogP contribution in [0, 0.1) is 0 Å². The van der Waals surface area contributed by atoms with Gasteiger partial charge in [0.1, 0.15) is 17.2 Å². The smallest absolute Gasteiger partial charge is 0.265 e. The first-order valence-electron chi connectivity index (χ1n) is 11.6. The summed E-state index contributed by atoms with van der Waals surface area (Å²) in [5.74, 6) is 1.20. The van der Waals surface area contributed by atoms with Gasteiger partial charge in [0.25, 0.3) is 11.8 Å². The van der Waals surface area contributed by atoms with Gasteiger partial charge in [0.05, 0.1) is 17.3 Å². The summed E-state index contributed by atoms with van der Waals surface area (Å²) < 4.78 is 16.9. The van der Waals surface area contributed by atoms with Crippen molar-refractivity contribution in [1.29, 1.82) is 0 Å². The molecule has 0 bridgehead atoms. The Bertz CT molecular complexity index is 1230. The first-order chi connectivity index (χ1) is 17.4. The lowest BCUT2D eigenvalue weighted by Gasteiger charge is -2.30. The van der Waals surface area contributed by atoms with E-state index < -0.39 is 0 Å². The van der Waals surface area contributed by atoms with Crippen LogP contribution in [-0.4, -0.2) is 38.2 Å². The van der Waals surface area contributed by atoms with Gasteiger partial charge in [-0.05, 0) is 66.9 Å². The van der Waals surface area contributed by atoms with Crippen LogP contribution in [0.15, 0.2) is 60.7 Å². The normalized spacial score (nSPS) is 12.5. The summed E-state index contributed by atoms with van der Waals surface area (Å²) in [5.41, 5.74) is 2.36. The zero-order valence-electron chi connectivity index (χ0n) is 19.8. The highest BCUT2D eigenvalue weighted by atomic mass is 35.5. The van der Waals surface area contributed by atoms with Crippen LogP contribution in [0.3, 0.4) is 0 Å². The molecule has 2 amide bonds. The van der Waals surface area contributed by atoms with Crippen molar-refractivity contribution < 1.29 is 23.8 Å². The summed E-state index contributed by atoms with van der Waals surface area (Å²) in [6.07, 6.45) is 1.61. The van der Waals surface area contributed by atoms with E-state index in [4.69, 9.17) is 37.4 Å². The molecular formula is C27H26Cl2N2O5. The molecule has 4 rings (SSSR count). The van der Waals surface area contributed by atoms with Crippen molar-refractivity contribution in [2.24, 2.45) is 0 Å². The summed E-state index contributed by atoms with van der Waals surface area (Å²) in [5, 5.41) is 3.57. The number of anilines is 2. The van der Waals surface area contributed by atoms with Crippen LogP contribution >= 0.6 is 23.2 Å². The largest absolute Gasteiger partial charge is 0.494 e. The summed E-state index contributed by atoms with van der Waals surface area (Å²) >= 11 is 12.0. The van der Waals surface area contributed by atoms with E-state index in [1.54, 1.807) is 41.3 Å². The highest BCUT2D eigenvalue weighted by Crippen LogP contribution is 2.35. The molecule has 0 radical (unpaired) electrons. The number of hydrogen-bond donors (Lipinski definition) is 1. The number of rotatable bonds is 10. The zero-order valence-corrected chi connectivity index (χ0v) is 21.3. The number of ether oxygens (including phenoxy) is 3. The Kier molecular flexibility index (Phi) is 8.57. The van der Waals surface area contributed by atoms with E-state index >= 15 is 0 Å². The predicted molar refractivity (Wildman–Crippen MR) is 141 cm³/mol. The molecule has 0 saturated carbocycles. The highest BCUT2D eigenvalue weighted by Gasteiger charge is 2.25. The quantitative estimate of drug-likeness (QED) is 0.338. The maximum atomic E-state index is 12.6. The first-order valence-corrected chi connectivity index (χ1v) is 12.3. The van der Waals surface area contributed by atoms with E-state index in [9.17, 15) is 9.59 Å². The molecule has 1 aliphatic heterocycles. The van der Waals surface area contributed by atoms with Crippen LogP contribution in [0.4, 0.5) is 11.4 Å². The molecule has 1 heterocycles.